The van der Waals surface area contributed by atoms with Crippen LogP contribution in [0.5, 0.6) is 0 Å². The summed E-state index contributed by atoms with van der Waals surface area (Å²) in [5.74, 6) is 0.159. The van der Waals surface area contributed by atoms with Crippen LogP contribution in [0.3, 0.4) is 0 Å². The molecule has 1 aliphatic rings. The number of carbonyl (C=O) groups is 1. The number of anilines is 1. The zero-order chi connectivity index (χ0) is 15.9. The van der Waals surface area contributed by atoms with Gasteiger partial charge in [-0.05, 0) is 38.8 Å². The molecule has 22 heavy (non-hydrogen) atoms. The molecule has 1 amide bonds. The second-order valence-corrected chi connectivity index (χ2v) is 6.33. The molecule has 1 aliphatic carbocycles. The molecule has 0 N–H and O–H groups in total. The molecule has 0 radical (unpaired) electrons. The van der Waals surface area contributed by atoms with Gasteiger partial charge in [0, 0.05) is 24.3 Å². The minimum Gasteiger partial charge on any atom is -0.308 e. The molecule has 3 nitrogen and oxygen atoms in total. The summed E-state index contributed by atoms with van der Waals surface area (Å²) in [5.41, 5.74) is 0.947. The van der Waals surface area contributed by atoms with Gasteiger partial charge in [-0.2, -0.15) is 0 Å². The van der Waals surface area contributed by atoms with Crippen LogP contribution in [0.4, 0.5) is 5.69 Å². The van der Waals surface area contributed by atoms with Gasteiger partial charge in [0.25, 0.3) is 0 Å². The highest BCUT2D eigenvalue weighted by atomic mass is 16.2. The predicted octanol–water partition coefficient (Wildman–Crippen LogP) is 3.86. The molecule has 2 rings (SSSR count). The molecule has 0 atom stereocenters. The Balaban J connectivity index is 2.10. The first kappa shape index (κ1) is 16.8. The molecule has 1 aromatic rings. The summed E-state index contributed by atoms with van der Waals surface area (Å²) in [4.78, 5) is 17.0. The second-order valence-electron chi connectivity index (χ2n) is 6.33. The monoisotopic (exact) mass is 300 g/mol. The third-order valence-electron chi connectivity index (χ3n) is 4.46. The lowest BCUT2D eigenvalue weighted by atomic mass is 10.1. The summed E-state index contributed by atoms with van der Waals surface area (Å²) in [7, 11) is 0. The highest BCUT2D eigenvalue weighted by molar-refractivity contribution is 5.95. The van der Waals surface area contributed by atoms with Crippen molar-refractivity contribution in [3.05, 3.63) is 43.0 Å². The van der Waals surface area contributed by atoms with Gasteiger partial charge in [-0.15, -0.1) is 6.58 Å². The van der Waals surface area contributed by atoms with E-state index < -0.39 is 0 Å². The maximum Gasteiger partial charge on any atom is 0.241 e. The van der Waals surface area contributed by atoms with E-state index >= 15 is 0 Å². The SMILES string of the molecule is C=CCN(C(=O)CN(C(C)C)C1CCCC1)c1ccccc1. The van der Waals surface area contributed by atoms with Crippen LogP contribution < -0.4 is 4.90 Å². The van der Waals surface area contributed by atoms with Crippen LogP contribution in [-0.4, -0.2) is 36.0 Å². The Morgan fingerprint density at radius 3 is 2.45 bits per heavy atom. The van der Waals surface area contributed by atoms with Crippen LogP contribution in [0.2, 0.25) is 0 Å². The van der Waals surface area contributed by atoms with Crippen LogP contribution in [-0.2, 0) is 4.79 Å². The third-order valence-corrected chi connectivity index (χ3v) is 4.46. The van der Waals surface area contributed by atoms with Crippen molar-refractivity contribution in [3.8, 4) is 0 Å². The van der Waals surface area contributed by atoms with Crippen molar-refractivity contribution in [2.45, 2.75) is 51.6 Å². The quantitative estimate of drug-likeness (QED) is 0.714. The lowest BCUT2D eigenvalue weighted by Crippen LogP contribution is -2.47. The number of nitrogens with zero attached hydrogens (tertiary/aromatic N) is 2. The van der Waals surface area contributed by atoms with Gasteiger partial charge in [0.05, 0.1) is 6.54 Å². The minimum atomic E-state index is 0.159. The van der Waals surface area contributed by atoms with Gasteiger partial charge in [-0.25, -0.2) is 0 Å². The van der Waals surface area contributed by atoms with Crippen LogP contribution >= 0.6 is 0 Å². The molecule has 0 aromatic heterocycles. The van der Waals surface area contributed by atoms with Crippen LogP contribution in [0.25, 0.3) is 0 Å². The molecule has 3 heteroatoms. The molecular formula is C19H28N2O. The summed E-state index contributed by atoms with van der Waals surface area (Å²) < 4.78 is 0. The molecule has 0 aliphatic heterocycles. The summed E-state index contributed by atoms with van der Waals surface area (Å²) in [5, 5.41) is 0. The summed E-state index contributed by atoms with van der Waals surface area (Å²) in [6.45, 7) is 9.21. The number of hydrogen-bond donors (Lipinski definition) is 0. The normalized spacial score (nSPS) is 15.5. The van der Waals surface area contributed by atoms with E-state index in [4.69, 9.17) is 0 Å². The van der Waals surface area contributed by atoms with Gasteiger partial charge in [0.1, 0.15) is 0 Å². The van der Waals surface area contributed by atoms with Crippen molar-refractivity contribution in [2.24, 2.45) is 0 Å². The summed E-state index contributed by atoms with van der Waals surface area (Å²) in [6, 6.07) is 10.8. The minimum absolute atomic E-state index is 0.159. The lowest BCUT2D eigenvalue weighted by molar-refractivity contribution is -0.120. The standard InChI is InChI=1S/C19H28N2O/c1-4-14-20(17-10-6-5-7-11-17)19(22)15-21(16(2)3)18-12-8-9-13-18/h4-7,10-11,16,18H,1,8-9,12-15H2,2-3H3. The van der Waals surface area contributed by atoms with Gasteiger partial charge >= 0.3 is 0 Å². The van der Waals surface area contributed by atoms with Crippen LogP contribution in [0.15, 0.2) is 43.0 Å². The van der Waals surface area contributed by atoms with E-state index in [2.05, 4.69) is 25.3 Å². The van der Waals surface area contributed by atoms with Crippen molar-refractivity contribution < 1.29 is 4.79 Å². The Hall–Kier alpha value is -1.61. The first-order chi connectivity index (χ1) is 10.6. The van der Waals surface area contributed by atoms with Gasteiger partial charge in [-0.1, -0.05) is 37.1 Å². The largest absolute Gasteiger partial charge is 0.308 e. The number of carbonyl (C=O) groups excluding carboxylic acids is 1. The molecule has 0 bridgehead atoms. The number of hydrogen-bond acceptors (Lipinski definition) is 2. The average molecular weight is 300 g/mol. The maximum atomic E-state index is 12.8. The van der Waals surface area contributed by atoms with E-state index in [1.807, 2.05) is 35.2 Å². The van der Waals surface area contributed by atoms with Gasteiger partial charge < -0.3 is 4.90 Å². The Morgan fingerprint density at radius 2 is 1.91 bits per heavy atom. The number of rotatable bonds is 7. The highest BCUT2D eigenvalue weighted by Gasteiger charge is 2.28. The fraction of sp³-hybridized carbons (Fsp3) is 0.526. The van der Waals surface area contributed by atoms with Crippen molar-refractivity contribution in [1.82, 2.24) is 4.90 Å². The number of para-hydroxylation sites is 1. The first-order valence-electron chi connectivity index (χ1n) is 8.35. The fourth-order valence-corrected chi connectivity index (χ4v) is 3.30. The average Bonchev–Trinajstić information content (AvgIpc) is 3.04. The van der Waals surface area contributed by atoms with E-state index in [-0.39, 0.29) is 5.91 Å². The molecule has 1 aromatic carbocycles. The topological polar surface area (TPSA) is 23.6 Å². The van der Waals surface area contributed by atoms with E-state index in [0.29, 0.717) is 25.2 Å². The Kier molecular flexibility index (Phi) is 6.20. The molecule has 0 saturated heterocycles. The molecule has 0 heterocycles. The predicted molar refractivity (Wildman–Crippen MR) is 93.1 cm³/mol. The Morgan fingerprint density at radius 1 is 1.27 bits per heavy atom. The summed E-state index contributed by atoms with van der Waals surface area (Å²) >= 11 is 0. The fourth-order valence-electron chi connectivity index (χ4n) is 3.30. The first-order valence-corrected chi connectivity index (χ1v) is 8.35. The van der Waals surface area contributed by atoms with E-state index in [1.165, 1.54) is 25.7 Å². The third kappa shape index (κ3) is 4.20. The van der Waals surface area contributed by atoms with Crippen LogP contribution in [0.1, 0.15) is 39.5 Å². The second kappa shape index (κ2) is 8.14. The molecular weight excluding hydrogens is 272 g/mol. The van der Waals surface area contributed by atoms with Crippen molar-refractivity contribution in [3.63, 3.8) is 0 Å². The molecule has 1 saturated carbocycles. The smallest absolute Gasteiger partial charge is 0.241 e. The van der Waals surface area contributed by atoms with Crippen molar-refractivity contribution in [2.75, 3.05) is 18.0 Å². The van der Waals surface area contributed by atoms with E-state index in [0.717, 1.165) is 5.69 Å². The number of benzene rings is 1. The number of amides is 1. The zero-order valence-corrected chi connectivity index (χ0v) is 13.9. The van der Waals surface area contributed by atoms with Crippen molar-refractivity contribution in [1.29, 1.82) is 0 Å². The Bertz CT molecular complexity index is 477. The van der Waals surface area contributed by atoms with Gasteiger partial charge in [0.2, 0.25) is 5.91 Å². The van der Waals surface area contributed by atoms with Crippen LogP contribution in [0, 0.1) is 0 Å². The Labute approximate surface area is 134 Å². The molecule has 1 fully saturated rings. The molecule has 120 valence electrons. The van der Waals surface area contributed by atoms with E-state index in [9.17, 15) is 4.79 Å². The maximum absolute atomic E-state index is 12.8. The zero-order valence-electron chi connectivity index (χ0n) is 13.9. The summed E-state index contributed by atoms with van der Waals surface area (Å²) in [6.07, 6.45) is 6.81. The molecule has 0 unspecified atom stereocenters. The van der Waals surface area contributed by atoms with Gasteiger partial charge in [0.15, 0.2) is 0 Å². The van der Waals surface area contributed by atoms with Gasteiger partial charge in [-0.3, -0.25) is 9.69 Å². The molecule has 0 spiro atoms. The lowest BCUT2D eigenvalue weighted by Gasteiger charge is -2.34. The highest BCUT2D eigenvalue weighted by Crippen LogP contribution is 2.25. The van der Waals surface area contributed by atoms with E-state index in [1.54, 1.807) is 6.08 Å². The van der Waals surface area contributed by atoms with Crippen molar-refractivity contribution >= 4 is 11.6 Å².